The van der Waals surface area contributed by atoms with Crippen LogP contribution in [0.5, 0.6) is 0 Å². The predicted octanol–water partition coefficient (Wildman–Crippen LogP) is 2.18. The standard InChI is InChI=1S/C12H19BrN4/c1-2-17-4-3-9(8-17)6-15-12-11(14)5-10(13)7-16-12/h5,7,9H,2-4,6,8,14H2,1H3,(H,15,16). The van der Waals surface area contributed by atoms with Crippen molar-refractivity contribution in [1.82, 2.24) is 9.88 Å². The number of rotatable bonds is 4. The van der Waals surface area contributed by atoms with E-state index in [1.54, 1.807) is 6.20 Å². The fourth-order valence-electron chi connectivity index (χ4n) is 2.21. The molecule has 1 aromatic heterocycles. The van der Waals surface area contributed by atoms with Crippen molar-refractivity contribution in [3.63, 3.8) is 0 Å². The molecule has 0 spiro atoms. The lowest BCUT2D eigenvalue weighted by atomic mass is 10.1. The van der Waals surface area contributed by atoms with Gasteiger partial charge in [-0.1, -0.05) is 6.92 Å². The van der Waals surface area contributed by atoms with Crippen LogP contribution in [0.25, 0.3) is 0 Å². The summed E-state index contributed by atoms with van der Waals surface area (Å²) in [5, 5.41) is 3.34. The molecule has 0 radical (unpaired) electrons. The van der Waals surface area contributed by atoms with Crippen LogP contribution in [0, 0.1) is 5.92 Å². The van der Waals surface area contributed by atoms with Crippen LogP contribution < -0.4 is 11.1 Å². The fraction of sp³-hybridized carbons (Fsp3) is 0.583. The van der Waals surface area contributed by atoms with Crippen molar-refractivity contribution < 1.29 is 0 Å². The molecule has 1 aliphatic heterocycles. The molecule has 0 saturated carbocycles. The maximum absolute atomic E-state index is 5.89. The van der Waals surface area contributed by atoms with Gasteiger partial charge in [-0.25, -0.2) is 4.98 Å². The molecule has 1 saturated heterocycles. The fourth-order valence-corrected chi connectivity index (χ4v) is 2.56. The maximum Gasteiger partial charge on any atom is 0.149 e. The van der Waals surface area contributed by atoms with Crippen LogP contribution in [-0.4, -0.2) is 36.1 Å². The molecule has 1 unspecified atom stereocenters. The molecule has 2 rings (SSSR count). The Labute approximate surface area is 111 Å². The van der Waals surface area contributed by atoms with Gasteiger partial charge in [0, 0.05) is 23.8 Å². The van der Waals surface area contributed by atoms with Crippen LogP contribution >= 0.6 is 15.9 Å². The Morgan fingerprint density at radius 1 is 1.65 bits per heavy atom. The highest BCUT2D eigenvalue weighted by atomic mass is 79.9. The molecule has 0 aliphatic carbocycles. The number of halogens is 1. The van der Waals surface area contributed by atoms with Crippen molar-refractivity contribution in [2.24, 2.45) is 5.92 Å². The normalized spacial score (nSPS) is 20.7. The number of nitrogen functional groups attached to an aromatic ring is 1. The number of hydrogen-bond donors (Lipinski definition) is 2. The SMILES string of the molecule is CCN1CCC(CNc2ncc(Br)cc2N)C1. The number of nitrogens with two attached hydrogens (primary N) is 1. The minimum absolute atomic E-state index is 0.699. The zero-order valence-corrected chi connectivity index (χ0v) is 11.7. The zero-order chi connectivity index (χ0) is 12.3. The lowest BCUT2D eigenvalue weighted by Gasteiger charge is -2.14. The van der Waals surface area contributed by atoms with Crippen LogP contribution in [0.3, 0.4) is 0 Å². The Hall–Kier alpha value is -0.810. The number of aromatic nitrogens is 1. The first-order chi connectivity index (χ1) is 8.19. The Balaban J connectivity index is 1.86. The van der Waals surface area contributed by atoms with Crippen LogP contribution in [-0.2, 0) is 0 Å². The number of anilines is 2. The lowest BCUT2D eigenvalue weighted by molar-refractivity contribution is 0.345. The van der Waals surface area contributed by atoms with Gasteiger partial charge in [-0.15, -0.1) is 0 Å². The monoisotopic (exact) mass is 298 g/mol. The minimum atomic E-state index is 0.699. The van der Waals surface area contributed by atoms with E-state index in [4.69, 9.17) is 5.73 Å². The molecular weight excluding hydrogens is 280 g/mol. The third kappa shape index (κ3) is 3.33. The van der Waals surface area contributed by atoms with Gasteiger partial charge in [0.1, 0.15) is 5.82 Å². The van der Waals surface area contributed by atoms with Crippen LogP contribution in [0.4, 0.5) is 11.5 Å². The molecule has 2 heterocycles. The smallest absolute Gasteiger partial charge is 0.149 e. The summed E-state index contributed by atoms with van der Waals surface area (Å²) in [7, 11) is 0. The van der Waals surface area contributed by atoms with E-state index >= 15 is 0 Å². The molecule has 1 atom stereocenters. The number of hydrogen-bond acceptors (Lipinski definition) is 4. The van der Waals surface area contributed by atoms with Gasteiger partial charge < -0.3 is 16.0 Å². The summed E-state index contributed by atoms with van der Waals surface area (Å²) in [6.07, 6.45) is 3.03. The van der Waals surface area contributed by atoms with Crippen molar-refractivity contribution in [2.75, 3.05) is 37.2 Å². The number of likely N-dealkylation sites (tertiary alicyclic amines) is 1. The molecule has 0 aromatic carbocycles. The predicted molar refractivity (Wildman–Crippen MR) is 75.1 cm³/mol. The molecule has 94 valence electrons. The van der Waals surface area contributed by atoms with Gasteiger partial charge in [0.05, 0.1) is 5.69 Å². The third-order valence-corrected chi connectivity index (χ3v) is 3.69. The molecule has 0 amide bonds. The van der Waals surface area contributed by atoms with Gasteiger partial charge in [0.15, 0.2) is 0 Å². The highest BCUT2D eigenvalue weighted by Crippen LogP contribution is 2.21. The van der Waals surface area contributed by atoms with Crippen LogP contribution in [0.2, 0.25) is 0 Å². The second-order valence-corrected chi connectivity index (χ2v) is 5.44. The van der Waals surface area contributed by atoms with E-state index in [9.17, 15) is 0 Å². The highest BCUT2D eigenvalue weighted by molar-refractivity contribution is 9.10. The van der Waals surface area contributed by atoms with Gasteiger partial charge in [0.25, 0.3) is 0 Å². The van der Waals surface area contributed by atoms with E-state index in [1.807, 2.05) is 6.07 Å². The van der Waals surface area contributed by atoms with E-state index in [2.05, 4.69) is 38.1 Å². The average Bonchev–Trinajstić information content (AvgIpc) is 2.76. The summed E-state index contributed by atoms with van der Waals surface area (Å²) in [5.74, 6) is 1.50. The molecule has 1 aromatic rings. The summed E-state index contributed by atoms with van der Waals surface area (Å²) in [5.41, 5.74) is 6.59. The summed E-state index contributed by atoms with van der Waals surface area (Å²) >= 11 is 3.35. The van der Waals surface area contributed by atoms with Gasteiger partial charge in [-0.05, 0) is 47.4 Å². The average molecular weight is 299 g/mol. The van der Waals surface area contributed by atoms with E-state index < -0.39 is 0 Å². The molecule has 5 heteroatoms. The first kappa shape index (κ1) is 12.6. The molecule has 4 nitrogen and oxygen atoms in total. The first-order valence-corrected chi connectivity index (χ1v) is 6.85. The van der Waals surface area contributed by atoms with Crippen LogP contribution in [0.1, 0.15) is 13.3 Å². The Bertz CT molecular complexity index is 383. The van der Waals surface area contributed by atoms with Gasteiger partial charge in [0.2, 0.25) is 0 Å². The number of pyridine rings is 1. The van der Waals surface area contributed by atoms with E-state index in [0.717, 1.165) is 23.4 Å². The van der Waals surface area contributed by atoms with Crippen molar-refractivity contribution in [3.05, 3.63) is 16.7 Å². The van der Waals surface area contributed by atoms with Crippen molar-refractivity contribution >= 4 is 27.4 Å². The topological polar surface area (TPSA) is 54.2 Å². The summed E-state index contributed by atoms with van der Waals surface area (Å²) in [6.45, 7) is 6.71. The Kier molecular flexibility index (Phi) is 4.23. The zero-order valence-electron chi connectivity index (χ0n) is 10.1. The third-order valence-electron chi connectivity index (χ3n) is 3.26. The Morgan fingerprint density at radius 3 is 3.12 bits per heavy atom. The van der Waals surface area contributed by atoms with E-state index in [1.165, 1.54) is 19.5 Å². The molecule has 1 aliphatic rings. The van der Waals surface area contributed by atoms with Crippen molar-refractivity contribution in [1.29, 1.82) is 0 Å². The molecule has 0 bridgehead atoms. The quantitative estimate of drug-likeness (QED) is 0.895. The minimum Gasteiger partial charge on any atom is -0.396 e. The van der Waals surface area contributed by atoms with Gasteiger partial charge in [-0.2, -0.15) is 0 Å². The number of nitrogens with one attached hydrogen (secondary N) is 1. The lowest BCUT2D eigenvalue weighted by Crippen LogP contribution is -2.22. The first-order valence-electron chi connectivity index (χ1n) is 6.06. The highest BCUT2D eigenvalue weighted by Gasteiger charge is 2.20. The van der Waals surface area contributed by atoms with Gasteiger partial charge >= 0.3 is 0 Å². The Morgan fingerprint density at radius 2 is 2.47 bits per heavy atom. The number of nitrogens with zero attached hydrogens (tertiary/aromatic N) is 2. The summed E-state index contributed by atoms with van der Waals surface area (Å²) < 4.78 is 0.915. The maximum atomic E-state index is 5.89. The molecule has 1 fully saturated rings. The molecule has 3 N–H and O–H groups in total. The molecule has 17 heavy (non-hydrogen) atoms. The van der Waals surface area contributed by atoms with Crippen molar-refractivity contribution in [3.8, 4) is 0 Å². The van der Waals surface area contributed by atoms with E-state index in [0.29, 0.717) is 11.6 Å². The van der Waals surface area contributed by atoms with Gasteiger partial charge in [-0.3, -0.25) is 0 Å². The van der Waals surface area contributed by atoms with E-state index in [-0.39, 0.29) is 0 Å². The summed E-state index contributed by atoms with van der Waals surface area (Å²) in [6, 6.07) is 1.88. The largest absolute Gasteiger partial charge is 0.396 e. The molecular formula is C12H19BrN4. The second kappa shape index (κ2) is 5.69. The summed E-state index contributed by atoms with van der Waals surface area (Å²) in [4.78, 5) is 6.76. The van der Waals surface area contributed by atoms with Crippen molar-refractivity contribution in [2.45, 2.75) is 13.3 Å². The van der Waals surface area contributed by atoms with Crippen LogP contribution in [0.15, 0.2) is 16.7 Å². The second-order valence-electron chi connectivity index (χ2n) is 4.52.